The molecule has 96 valence electrons. The molecule has 0 saturated carbocycles. The Bertz CT molecular complexity index is 516. The molecule has 6 heteroatoms. The molecule has 0 atom stereocenters. The third-order valence-corrected chi connectivity index (χ3v) is 2.88. The first-order chi connectivity index (χ1) is 8.58. The van der Waals surface area contributed by atoms with E-state index in [-0.39, 0.29) is 24.4 Å². The van der Waals surface area contributed by atoms with Crippen molar-refractivity contribution in [2.24, 2.45) is 0 Å². The van der Waals surface area contributed by atoms with Crippen LogP contribution in [0.5, 0.6) is 0 Å². The molecule has 0 aliphatic carbocycles. The minimum Gasteiger partial charge on any atom is -0.395 e. The fraction of sp³-hybridized carbons (Fsp3) is 0.333. The lowest BCUT2D eigenvalue weighted by Gasteiger charge is -2.23. The number of carbonyl (C=O) groups excluding carboxylic acids is 2. The van der Waals surface area contributed by atoms with E-state index in [1.165, 1.54) is 6.07 Å². The maximum absolute atomic E-state index is 13.9. The Morgan fingerprint density at radius 3 is 2.72 bits per heavy atom. The number of fused-ring (bicyclic) bond motifs is 1. The molecular weight excluding hydrogens is 239 g/mol. The summed E-state index contributed by atoms with van der Waals surface area (Å²) in [5.74, 6) is -2.04. The van der Waals surface area contributed by atoms with E-state index in [9.17, 15) is 14.0 Å². The summed E-state index contributed by atoms with van der Waals surface area (Å²) < 4.78 is 13.9. The van der Waals surface area contributed by atoms with Gasteiger partial charge in [0.1, 0.15) is 5.82 Å². The smallest absolute Gasteiger partial charge is 0.296 e. The third kappa shape index (κ3) is 1.95. The van der Waals surface area contributed by atoms with Gasteiger partial charge in [-0.05, 0) is 19.1 Å². The number of aliphatic hydroxyl groups excluding tert-OH is 1. The van der Waals surface area contributed by atoms with Crippen LogP contribution in [-0.4, -0.2) is 36.5 Å². The Hall–Kier alpha value is -1.95. The zero-order valence-electron chi connectivity index (χ0n) is 9.86. The second-order valence-corrected chi connectivity index (χ2v) is 3.94. The van der Waals surface area contributed by atoms with Crippen LogP contribution in [0.2, 0.25) is 0 Å². The van der Waals surface area contributed by atoms with Crippen molar-refractivity contribution in [2.75, 3.05) is 29.9 Å². The van der Waals surface area contributed by atoms with E-state index < -0.39 is 17.5 Å². The number of hydrogen-bond acceptors (Lipinski definition) is 4. The van der Waals surface area contributed by atoms with Gasteiger partial charge in [0, 0.05) is 13.1 Å². The number of halogens is 1. The Morgan fingerprint density at radius 1 is 1.39 bits per heavy atom. The summed E-state index contributed by atoms with van der Waals surface area (Å²) in [5.41, 5.74) is 0.638. The molecular formula is C12H13FN2O3. The molecule has 18 heavy (non-hydrogen) atoms. The summed E-state index contributed by atoms with van der Waals surface area (Å²) in [6.07, 6.45) is 0. The van der Waals surface area contributed by atoms with Crippen LogP contribution in [0.25, 0.3) is 0 Å². The number of anilines is 2. The fourth-order valence-electron chi connectivity index (χ4n) is 1.97. The lowest BCUT2D eigenvalue weighted by molar-refractivity contribution is -0.112. The lowest BCUT2D eigenvalue weighted by Crippen LogP contribution is -2.27. The largest absolute Gasteiger partial charge is 0.395 e. The monoisotopic (exact) mass is 252 g/mol. The van der Waals surface area contributed by atoms with Gasteiger partial charge in [-0.15, -0.1) is 0 Å². The van der Waals surface area contributed by atoms with Crippen molar-refractivity contribution in [1.82, 2.24) is 0 Å². The highest BCUT2D eigenvalue weighted by atomic mass is 19.1. The predicted molar refractivity (Wildman–Crippen MR) is 64.3 cm³/mol. The number of rotatable bonds is 4. The molecule has 2 N–H and O–H groups in total. The van der Waals surface area contributed by atoms with Gasteiger partial charge in [-0.2, -0.15) is 0 Å². The van der Waals surface area contributed by atoms with Gasteiger partial charge in [0.15, 0.2) is 0 Å². The quantitative estimate of drug-likeness (QED) is 0.777. The molecule has 0 aromatic heterocycles. The van der Waals surface area contributed by atoms with Gasteiger partial charge in [-0.25, -0.2) is 4.39 Å². The van der Waals surface area contributed by atoms with Crippen LogP contribution in [0.15, 0.2) is 12.1 Å². The normalized spacial score (nSPS) is 13.5. The van der Waals surface area contributed by atoms with E-state index in [2.05, 4.69) is 5.32 Å². The van der Waals surface area contributed by atoms with Crippen molar-refractivity contribution in [1.29, 1.82) is 0 Å². The fourth-order valence-corrected chi connectivity index (χ4v) is 1.97. The summed E-state index contributed by atoms with van der Waals surface area (Å²) in [5, 5.41) is 11.3. The Labute approximate surface area is 103 Å². The van der Waals surface area contributed by atoms with E-state index in [1.807, 2.05) is 6.92 Å². The number of ketones is 1. The van der Waals surface area contributed by atoms with Gasteiger partial charge in [0.05, 0.1) is 23.5 Å². The summed E-state index contributed by atoms with van der Waals surface area (Å²) in [6, 6.07) is 2.48. The number of nitrogens with one attached hydrogen (secondary N) is 1. The number of benzene rings is 1. The second kappa shape index (κ2) is 4.73. The molecule has 1 aliphatic rings. The number of nitrogens with zero attached hydrogens (tertiary/aromatic N) is 1. The molecule has 1 aromatic carbocycles. The summed E-state index contributed by atoms with van der Waals surface area (Å²) >= 11 is 0. The Balaban J connectivity index is 2.43. The number of likely N-dealkylation sites (N-methyl/N-ethyl adjacent to an activating group) is 1. The maximum Gasteiger partial charge on any atom is 0.296 e. The van der Waals surface area contributed by atoms with Crippen LogP contribution in [0.3, 0.4) is 0 Å². The SMILES string of the molecule is CCN(CCO)c1cc2c(cc1F)C(=O)C(=O)N2. The molecule has 0 bridgehead atoms. The van der Waals surface area contributed by atoms with Crippen molar-refractivity contribution in [2.45, 2.75) is 6.92 Å². The van der Waals surface area contributed by atoms with E-state index in [1.54, 1.807) is 4.90 Å². The molecule has 0 saturated heterocycles. The molecule has 0 spiro atoms. The Kier molecular flexibility index (Phi) is 3.29. The van der Waals surface area contributed by atoms with Gasteiger partial charge in [-0.1, -0.05) is 0 Å². The number of hydrogen-bond donors (Lipinski definition) is 2. The predicted octanol–water partition coefficient (Wildman–Crippen LogP) is 0.779. The van der Waals surface area contributed by atoms with Crippen molar-refractivity contribution >= 4 is 23.1 Å². The topological polar surface area (TPSA) is 69.6 Å². The van der Waals surface area contributed by atoms with Gasteiger partial charge < -0.3 is 15.3 Å². The zero-order chi connectivity index (χ0) is 13.3. The number of amides is 1. The first-order valence-electron chi connectivity index (χ1n) is 5.63. The molecule has 5 nitrogen and oxygen atoms in total. The van der Waals surface area contributed by atoms with Gasteiger partial charge >= 0.3 is 0 Å². The maximum atomic E-state index is 13.9. The van der Waals surface area contributed by atoms with E-state index in [4.69, 9.17) is 5.11 Å². The molecule has 1 aliphatic heterocycles. The standard InChI is InChI=1S/C12H13FN2O3/c1-2-15(3-4-16)10-6-9-7(5-8(10)13)11(17)12(18)14-9/h5-6,16H,2-4H2,1H3,(H,14,17,18). The summed E-state index contributed by atoms with van der Waals surface area (Å²) in [4.78, 5) is 24.2. The molecule has 0 radical (unpaired) electrons. The highest BCUT2D eigenvalue weighted by Crippen LogP contribution is 2.31. The van der Waals surface area contributed by atoms with Crippen LogP contribution < -0.4 is 10.2 Å². The number of Topliss-reactive ketones (excluding diaryl/α,β-unsaturated/α-hetero) is 1. The highest BCUT2D eigenvalue weighted by molar-refractivity contribution is 6.51. The van der Waals surface area contributed by atoms with Crippen molar-refractivity contribution in [3.63, 3.8) is 0 Å². The third-order valence-electron chi connectivity index (χ3n) is 2.88. The second-order valence-electron chi connectivity index (χ2n) is 3.94. The molecule has 1 aromatic rings. The minimum atomic E-state index is -0.744. The molecule has 0 fully saturated rings. The molecule has 2 rings (SSSR count). The van der Waals surface area contributed by atoms with E-state index >= 15 is 0 Å². The molecule has 0 unspecified atom stereocenters. The first-order valence-corrected chi connectivity index (χ1v) is 5.63. The van der Waals surface area contributed by atoms with Gasteiger partial charge in [0.2, 0.25) is 0 Å². The van der Waals surface area contributed by atoms with Gasteiger partial charge in [-0.3, -0.25) is 9.59 Å². The Morgan fingerprint density at radius 2 is 2.11 bits per heavy atom. The number of carbonyl (C=O) groups is 2. The number of aliphatic hydroxyl groups is 1. The van der Waals surface area contributed by atoms with Crippen LogP contribution in [0, 0.1) is 5.82 Å². The van der Waals surface area contributed by atoms with Crippen LogP contribution >= 0.6 is 0 Å². The van der Waals surface area contributed by atoms with Crippen LogP contribution in [0.1, 0.15) is 17.3 Å². The van der Waals surface area contributed by atoms with Crippen molar-refractivity contribution in [3.8, 4) is 0 Å². The average molecular weight is 252 g/mol. The molecule has 1 heterocycles. The molecule has 1 amide bonds. The van der Waals surface area contributed by atoms with Gasteiger partial charge in [0.25, 0.3) is 11.7 Å². The average Bonchev–Trinajstić information content (AvgIpc) is 2.62. The minimum absolute atomic E-state index is 0.0568. The summed E-state index contributed by atoms with van der Waals surface area (Å²) in [6.45, 7) is 2.52. The van der Waals surface area contributed by atoms with E-state index in [0.29, 0.717) is 12.2 Å². The lowest BCUT2D eigenvalue weighted by atomic mass is 10.1. The first kappa shape index (κ1) is 12.5. The van der Waals surface area contributed by atoms with E-state index in [0.717, 1.165) is 6.07 Å². The van der Waals surface area contributed by atoms with Crippen LogP contribution in [0.4, 0.5) is 15.8 Å². The van der Waals surface area contributed by atoms with Crippen molar-refractivity contribution in [3.05, 3.63) is 23.5 Å². The summed E-state index contributed by atoms with van der Waals surface area (Å²) in [7, 11) is 0. The highest BCUT2D eigenvalue weighted by Gasteiger charge is 2.30. The van der Waals surface area contributed by atoms with Crippen LogP contribution in [-0.2, 0) is 4.79 Å². The zero-order valence-corrected chi connectivity index (χ0v) is 9.86. The van der Waals surface area contributed by atoms with Crippen molar-refractivity contribution < 1.29 is 19.1 Å².